The van der Waals surface area contributed by atoms with Gasteiger partial charge in [-0.05, 0) is 40.0 Å². The summed E-state index contributed by atoms with van der Waals surface area (Å²) < 4.78 is 45.7. The number of rotatable bonds is 2. The Bertz CT molecular complexity index is 956. The van der Waals surface area contributed by atoms with Gasteiger partial charge in [-0.1, -0.05) is 0 Å². The Morgan fingerprint density at radius 2 is 1.71 bits per heavy atom. The minimum absolute atomic E-state index is 0.0470. The number of alkyl halides is 3. The van der Waals surface area contributed by atoms with Gasteiger partial charge < -0.3 is 9.64 Å². The minimum atomic E-state index is -4.15. The van der Waals surface area contributed by atoms with E-state index in [9.17, 15) is 13.2 Å². The van der Waals surface area contributed by atoms with Crippen molar-refractivity contribution in [3.05, 3.63) is 17.1 Å². The van der Waals surface area contributed by atoms with E-state index in [1.165, 1.54) is 0 Å². The highest BCUT2D eigenvalue weighted by Crippen LogP contribution is 2.78. The van der Waals surface area contributed by atoms with Gasteiger partial charge in [-0.3, -0.25) is 0 Å². The monoisotopic (exact) mass is 393 g/mol. The van der Waals surface area contributed by atoms with Crippen LogP contribution < -0.4 is 4.90 Å². The van der Waals surface area contributed by atoms with E-state index >= 15 is 0 Å². The molecule has 0 amide bonds. The lowest BCUT2D eigenvalue weighted by molar-refractivity contribution is -0.337. The summed E-state index contributed by atoms with van der Waals surface area (Å²) in [5.41, 5.74) is 1.07. The van der Waals surface area contributed by atoms with Crippen LogP contribution in [0.4, 0.5) is 19.1 Å². The lowest BCUT2D eigenvalue weighted by atomic mass is 9.34. The number of anilines is 1. The van der Waals surface area contributed by atoms with E-state index in [4.69, 9.17) is 9.72 Å². The van der Waals surface area contributed by atoms with E-state index in [1.54, 1.807) is 0 Å². The van der Waals surface area contributed by atoms with E-state index < -0.39 is 17.0 Å². The molecule has 6 rings (SSSR count). The first kappa shape index (κ1) is 18.0. The largest absolute Gasteiger partial charge is 0.394 e. The van der Waals surface area contributed by atoms with Crippen LogP contribution in [0, 0.1) is 19.3 Å². The van der Waals surface area contributed by atoms with Crippen LogP contribution in [-0.2, 0) is 10.2 Å². The molecule has 9 heteroatoms. The summed E-state index contributed by atoms with van der Waals surface area (Å²) in [4.78, 5) is 20.6. The molecule has 3 heterocycles. The van der Waals surface area contributed by atoms with Gasteiger partial charge in [0.2, 0.25) is 5.95 Å². The van der Waals surface area contributed by atoms with E-state index in [-0.39, 0.29) is 25.4 Å². The predicted octanol–water partition coefficient (Wildman–Crippen LogP) is 3.25. The molecule has 1 aliphatic heterocycles. The van der Waals surface area contributed by atoms with Gasteiger partial charge in [0.15, 0.2) is 5.65 Å². The van der Waals surface area contributed by atoms with Gasteiger partial charge >= 0.3 is 6.18 Å². The molecular formula is C19H22F3N5O. The lowest BCUT2D eigenvalue weighted by Gasteiger charge is -2.70. The Morgan fingerprint density at radius 3 is 2.36 bits per heavy atom. The number of morpholine rings is 1. The quantitative estimate of drug-likeness (QED) is 0.781. The van der Waals surface area contributed by atoms with Gasteiger partial charge in [-0.2, -0.15) is 18.2 Å². The van der Waals surface area contributed by atoms with E-state index in [0.29, 0.717) is 42.5 Å². The third kappa shape index (κ3) is 2.38. The molecule has 3 aliphatic carbocycles. The summed E-state index contributed by atoms with van der Waals surface area (Å²) in [5.74, 6) is 0.515. The molecule has 0 unspecified atom stereocenters. The molecule has 0 aromatic carbocycles. The fraction of sp³-hybridized carbons (Fsp3) is 0.684. The summed E-state index contributed by atoms with van der Waals surface area (Å²) >= 11 is 0. The summed E-state index contributed by atoms with van der Waals surface area (Å²) in [6, 6.07) is 0. The number of nitrogens with zero attached hydrogens (tertiary/aromatic N) is 5. The number of fused-ring (bicyclic) bond motifs is 1. The van der Waals surface area contributed by atoms with Gasteiger partial charge in [0.25, 0.3) is 0 Å². The van der Waals surface area contributed by atoms with Crippen LogP contribution in [-0.4, -0.2) is 51.9 Å². The number of aromatic nitrogens is 4. The zero-order chi connectivity index (χ0) is 19.9. The summed E-state index contributed by atoms with van der Waals surface area (Å²) in [7, 11) is 0. The third-order valence-electron chi connectivity index (χ3n) is 6.59. The maximum atomic E-state index is 13.4. The van der Waals surface area contributed by atoms with Gasteiger partial charge in [0.05, 0.1) is 35.2 Å². The van der Waals surface area contributed by atoms with Crippen molar-refractivity contribution in [2.24, 2.45) is 5.41 Å². The van der Waals surface area contributed by atoms with Crippen LogP contribution in [0.5, 0.6) is 0 Å². The molecule has 1 atom stereocenters. The second kappa shape index (κ2) is 5.52. The van der Waals surface area contributed by atoms with Crippen molar-refractivity contribution in [1.29, 1.82) is 0 Å². The van der Waals surface area contributed by atoms with Gasteiger partial charge in [-0.25, -0.2) is 15.0 Å². The number of halogens is 3. The average molecular weight is 393 g/mol. The zero-order valence-electron chi connectivity index (χ0n) is 16.1. The molecule has 6 nitrogen and oxygen atoms in total. The van der Waals surface area contributed by atoms with E-state index in [2.05, 4.69) is 15.0 Å². The molecule has 2 bridgehead atoms. The summed E-state index contributed by atoms with van der Waals surface area (Å²) in [6.45, 7) is 7.55. The molecule has 3 saturated carbocycles. The molecule has 150 valence electrons. The smallest absolute Gasteiger partial charge is 0.375 e. The Hall–Kier alpha value is -2.03. The topological polar surface area (TPSA) is 64.0 Å². The maximum Gasteiger partial charge on any atom is 0.394 e. The Kier molecular flexibility index (Phi) is 3.56. The third-order valence-corrected chi connectivity index (χ3v) is 6.59. The van der Waals surface area contributed by atoms with Crippen LogP contribution in [0.2, 0.25) is 0 Å². The normalized spacial score (nSPS) is 32.2. The summed E-state index contributed by atoms with van der Waals surface area (Å²) in [6.07, 6.45) is -3.85. The van der Waals surface area contributed by atoms with Gasteiger partial charge in [-0.15, -0.1) is 0 Å². The first-order chi connectivity index (χ1) is 13.1. The van der Waals surface area contributed by atoms with Crippen molar-refractivity contribution in [2.75, 3.05) is 24.6 Å². The Labute approximate surface area is 160 Å². The Morgan fingerprint density at radius 1 is 1.04 bits per heavy atom. The molecular weight excluding hydrogens is 371 g/mol. The molecule has 2 aromatic rings. The van der Waals surface area contributed by atoms with Crippen molar-refractivity contribution in [2.45, 2.75) is 57.7 Å². The molecule has 1 saturated heterocycles. The van der Waals surface area contributed by atoms with Gasteiger partial charge in [0, 0.05) is 18.5 Å². The average Bonchev–Trinajstić information content (AvgIpc) is 2.52. The van der Waals surface area contributed by atoms with Crippen molar-refractivity contribution < 1.29 is 17.9 Å². The second-order valence-corrected chi connectivity index (χ2v) is 8.66. The van der Waals surface area contributed by atoms with Crippen LogP contribution in [0.1, 0.15) is 43.3 Å². The lowest BCUT2D eigenvalue weighted by Crippen LogP contribution is -2.70. The van der Waals surface area contributed by atoms with Gasteiger partial charge in [0.1, 0.15) is 5.52 Å². The minimum Gasteiger partial charge on any atom is -0.375 e. The zero-order valence-corrected chi connectivity index (χ0v) is 16.1. The first-order valence-corrected chi connectivity index (χ1v) is 9.59. The highest BCUT2D eigenvalue weighted by Gasteiger charge is 2.79. The highest BCUT2D eigenvalue weighted by atomic mass is 19.4. The predicted molar refractivity (Wildman–Crippen MR) is 96.2 cm³/mol. The Balaban J connectivity index is 1.61. The fourth-order valence-electron chi connectivity index (χ4n) is 4.95. The second-order valence-electron chi connectivity index (χ2n) is 8.66. The molecule has 2 aromatic heterocycles. The van der Waals surface area contributed by atoms with Crippen molar-refractivity contribution in [3.63, 3.8) is 0 Å². The van der Waals surface area contributed by atoms with Crippen molar-refractivity contribution in [3.8, 4) is 0 Å². The highest BCUT2D eigenvalue weighted by molar-refractivity contribution is 5.77. The van der Waals surface area contributed by atoms with E-state index in [1.807, 2.05) is 25.7 Å². The number of hydrogen-bond acceptors (Lipinski definition) is 6. The van der Waals surface area contributed by atoms with Crippen LogP contribution >= 0.6 is 0 Å². The molecule has 0 radical (unpaired) electrons. The maximum absolute atomic E-state index is 13.4. The molecule has 28 heavy (non-hydrogen) atoms. The molecule has 4 aliphatic rings. The van der Waals surface area contributed by atoms with Crippen LogP contribution in [0.15, 0.2) is 0 Å². The number of hydrogen-bond donors (Lipinski definition) is 0. The summed E-state index contributed by atoms with van der Waals surface area (Å²) in [5, 5.41) is 0. The first-order valence-electron chi connectivity index (χ1n) is 9.59. The van der Waals surface area contributed by atoms with Crippen LogP contribution in [0.25, 0.3) is 11.2 Å². The molecule has 4 fully saturated rings. The SMILES string of the molecule is Cc1nc2nc(N3CCO[C@@H](C)C3)nc(C34CC(C(F)(F)F)(C3)C4)c2nc1C. The fourth-order valence-corrected chi connectivity index (χ4v) is 4.95. The molecule has 0 spiro atoms. The molecule has 0 N–H and O–H groups in total. The number of ether oxygens (including phenoxy) is 1. The number of aryl methyl sites for hydroxylation is 2. The van der Waals surface area contributed by atoms with Crippen molar-refractivity contribution >= 4 is 17.1 Å². The standard InChI is InChI=1S/C19H22F3N5O/c1-10-6-27(4-5-28-10)16-25-14(13-15(26-16)24-12(3)11(2)23-13)17-7-18(8-17,9-17)19(20,21)22/h10H,4-9H2,1-3H3/t10-,17?,18?/m0/s1. The van der Waals surface area contributed by atoms with Crippen LogP contribution in [0.3, 0.4) is 0 Å². The van der Waals surface area contributed by atoms with Crippen molar-refractivity contribution in [1.82, 2.24) is 19.9 Å². The van der Waals surface area contributed by atoms with E-state index in [0.717, 1.165) is 11.4 Å².